The minimum absolute atomic E-state index is 0.214. The molecule has 24 heavy (non-hydrogen) atoms. The van der Waals surface area contributed by atoms with Crippen molar-refractivity contribution in [3.63, 3.8) is 0 Å². The largest absolute Gasteiger partial charge is 0.379 e. The number of aryl methyl sites for hydroxylation is 1. The molecule has 2 aromatic heterocycles. The SMILES string of the molecule is C=CC(O)C(=O)N1CCC(c2nccc(-c3cnn(C)c3)n2)CC1. The van der Waals surface area contributed by atoms with Crippen molar-refractivity contribution in [1.29, 1.82) is 0 Å². The molecule has 2 aromatic rings. The number of aliphatic hydroxyl groups is 1. The van der Waals surface area contributed by atoms with Crippen LogP contribution in [0.4, 0.5) is 0 Å². The van der Waals surface area contributed by atoms with E-state index in [9.17, 15) is 9.90 Å². The molecule has 1 unspecified atom stereocenters. The van der Waals surface area contributed by atoms with Gasteiger partial charge in [-0.1, -0.05) is 12.7 Å². The number of likely N-dealkylation sites (tertiary alicyclic amines) is 1. The van der Waals surface area contributed by atoms with Crippen LogP contribution in [0.3, 0.4) is 0 Å². The maximum atomic E-state index is 12.0. The minimum Gasteiger partial charge on any atom is -0.379 e. The molecule has 7 nitrogen and oxygen atoms in total. The van der Waals surface area contributed by atoms with Gasteiger partial charge in [-0.15, -0.1) is 0 Å². The minimum atomic E-state index is -1.12. The molecular weight excluding hydrogens is 306 g/mol. The molecule has 0 bridgehead atoms. The van der Waals surface area contributed by atoms with Gasteiger partial charge < -0.3 is 10.0 Å². The summed E-state index contributed by atoms with van der Waals surface area (Å²) in [5.41, 5.74) is 1.82. The molecule has 1 N–H and O–H groups in total. The monoisotopic (exact) mass is 327 g/mol. The summed E-state index contributed by atoms with van der Waals surface area (Å²) in [7, 11) is 1.87. The van der Waals surface area contributed by atoms with E-state index in [0.29, 0.717) is 13.1 Å². The first-order chi connectivity index (χ1) is 11.6. The van der Waals surface area contributed by atoms with Gasteiger partial charge in [0.05, 0.1) is 11.9 Å². The van der Waals surface area contributed by atoms with Gasteiger partial charge >= 0.3 is 0 Å². The summed E-state index contributed by atoms with van der Waals surface area (Å²) in [6.07, 6.45) is 7.18. The maximum absolute atomic E-state index is 12.0. The second-order valence-corrected chi connectivity index (χ2v) is 5.98. The van der Waals surface area contributed by atoms with Gasteiger partial charge in [-0.05, 0) is 18.9 Å². The predicted octanol–water partition coefficient (Wildman–Crippen LogP) is 1.13. The van der Waals surface area contributed by atoms with Crippen molar-refractivity contribution in [2.24, 2.45) is 7.05 Å². The van der Waals surface area contributed by atoms with Crippen molar-refractivity contribution >= 4 is 5.91 Å². The number of aliphatic hydroxyl groups excluding tert-OH is 1. The van der Waals surface area contributed by atoms with E-state index in [1.54, 1.807) is 22.0 Å². The van der Waals surface area contributed by atoms with Gasteiger partial charge in [-0.25, -0.2) is 9.97 Å². The first-order valence-electron chi connectivity index (χ1n) is 8.00. The molecule has 3 heterocycles. The highest BCUT2D eigenvalue weighted by Gasteiger charge is 2.27. The van der Waals surface area contributed by atoms with Gasteiger partial charge in [0.15, 0.2) is 6.10 Å². The molecule has 7 heteroatoms. The maximum Gasteiger partial charge on any atom is 0.255 e. The number of hydrogen-bond donors (Lipinski definition) is 1. The summed E-state index contributed by atoms with van der Waals surface area (Å²) in [6.45, 7) is 4.64. The number of carbonyl (C=O) groups is 1. The van der Waals surface area contributed by atoms with E-state index >= 15 is 0 Å². The summed E-state index contributed by atoms with van der Waals surface area (Å²) in [5, 5.41) is 13.8. The van der Waals surface area contributed by atoms with Crippen molar-refractivity contribution in [3.8, 4) is 11.3 Å². The Morgan fingerprint density at radius 3 is 2.83 bits per heavy atom. The second-order valence-electron chi connectivity index (χ2n) is 5.98. The summed E-state index contributed by atoms with van der Waals surface area (Å²) in [6, 6.07) is 1.87. The van der Waals surface area contributed by atoms with Gasteiger partial charge in [-0.3, -0.25) is 9.48 Å². The van der Waals surface area contributed by atoms with Crippen LogP contribution >= 0.6 is 0 Å². The number of carbonyl (C=O) groups excluding carboxylic acids is 1. The van der Waals surface area contributed by atoms with E-state index in [0.717, 1.165) is 29.9 Å². The first-order valence-corrected chi connectivity index (χ1v) is 8.00. The summed E-state index contributed by atoms with van der Waals surface area (Å²) in [5.74, 6) is 0.729. The molecule has 0 aromatic carbocycles. The Morgan fingerprint density at radius 1 is 1.46 bits per heavy atom. The molecule has 126 valence electrons. The summed E-state index contributed by atoms with van der Waals surface area (Å²) in [4.78, 5) is 22.7. The lowest BCUT2D eigenvalue weighted by Gasteiger charge is -2.32. The van der Waals surface area contributed by atoms with E-state index in [2.05, 4.69) is 21.6 Å². The highest BCUT2D eigenvalue weighted by molar-refractivity contribution is 5.82. The van der Waals surface area contributed by atoms with Crippen molar-refractivity contribution in [2.75, 3.05) is 13.1 Å². The number of hydrogen-bond acceptors (Lipinski definition) is 5. The lowest BCUT2D eigenvalue weighted by Crippen LogP contribution is -2.43. The number of nitrogens with zero attached hydrogens (tertiary/aromatic N) is 5. The molecule has 1 aliphatic heterocycles. The van der Waals surface area contributed by atoms with Crippen LogP contribution in [0.15, 0.2) is 37.3 Å². The van der Waals surface area contributed by atoms with Crippen LogP contribution in [-0.4, -0.2) is 54.9 Å². The molecule has 3 rings (SSSR count). The van der Waals surface area contributed by atoms with Crippen LogP contribution in [0, 0.1) is 0 Å². The molecule has 1 atom stereocenters. The summed E-state index contributed by atoms with van der Waals surface area (Å²) < 4.78 is 1.74. The third-order valence-electron chi connectivity index (χ3n) is 4.32. The van der Waals surface area contributed by atoms with Gasteiger partial charge in [-0.2, -0.15) is 5.10 Å². The third-order valence-corrected chi connectivity index (χ3v) is 4.32. The number of aromatic nitrogens is 4. The van der Waals surface area contributed by atoms with E-state index in [1.807, 2.05) is 19.3 Å². The highest BCUT2D eigenvalue weighted by Crippen LogP contribution is 2.27. The molecule has 1 saturated heterocycles. The fourth-order valence-electron chi connectivity index (χ4n) is 2.93. The molecule has 1 fully saturated rings. The number of amides is 1. The van der Waals surface area contributed by atoms with Crippen molar-refractivity contribution in [1.82, 2.24) is 24.6 Å². The fourth-order valence-corrected chi connectivity index (χ4v) is 2.93. The zero-order valence-corrected chi connectivity index (χ0v) is 13.7. The Morgan fingerprint density at radius 2 is 2.21 bits per heavy atom. The van der Waals surface area contributed by atoms with E-state index < -0.39 is 6.10 Å². The molecule has 1 aliphatic rings. The van der Waals surface area contributed by atoms with Crippen molar-refractivity contribution < 1.29 is 9.90 Å². The zero-order valence-electron chi connectivity index (χ0n) is 13.7. The van der Waals surface area contributed by atoms with Crippen LogP contribution in [-0.2, 0) is 11.8 Å². The Labute approximate surface area is 140 Å². The third kappa shape index (κ3) is 3.35. The average Bonchev–Trinajstić information content (AvgIpc) is 3.07. The zero-order chi connectivity index (χ0) is 17.1. The van der Waals surface area contributed by atoms with Crippen molar-refractivity contribution in [3.05, 3.63) is 43.1 Å². The standard InChI is InChI=1S/C17H21N5O2/c1-3-15(23)17(24)22-8-5-12(6-9-22)16-18-7-4-14(20-16)13-10-19-21(2)11-13/h3-4,7,10-12,15,23H,1,5-6,8-9H2,2H3. The van der Waals surface area contributed by atoms with Crippen LogP contribution in [0.2, 0.25) is 0 Å². The Kier molecular flexibility index (Phi) is 4.71. The number of rotatable bonds is 4. The van der Waals surface area contributed by atoms with Gasteiger partial charge in [0, 0.05) is 44.0 Å². The van der Waals surface area contributed by atoms with E-state index in [-0.39, 0.29) is 11.8 Å². The van der Waals surface area contributed by atoms with E-state index in [4.69, 9.17) is 0 Å². The fraction of sp³-hybridized carbons (Fsp3) is 0.412. The topological polar surface area (TPSA) is 84.1 Å². The lowest BCUT2D eigenvalue weighted by atomic mass is 9.95. The Bertz CT molecular complexity index is 734. The predicted molar refractivity (Wildman–Crippen MR) is 89.0 cm³/mol. The summed E-state index contributed by atoms with van der Waals surface area (Å²) >= 11 is 0. The van der Waals surface area contributed by atoms with Crippen LogP contribution in [0.5, 0.6) is 0 Å². The Hall–Kier alpha value is -2.54. The normalized spacial score (nSPS) is 16.8. The van der Waals surface area contributed by atoms with Gasteiger partial charge in [0.1, 0.15) is 5.82 Å². The second kappa shape index (κ2) is 6.92. The quantitative estimate of drug-likeness (QED) is 0.851. The molecule has 0 aliphatic carbocycles. The molecule has 1 amide bonds. The van der Waals surface area contributed by atoms with Crippen LogP contribution in [0.1, 0.15) is 24.6 Å². The van der Waals surface area contributed by atoms with E-state index in [1.165, 1.54) is 6.08 Å². The van der Waals surface area contributed by atoms with Gasteiger partial charge in [0.25, 0.3) is 5.91 Å². The molecule has 0 saturated carbocycles. The average molecular weight is 327 g/mol. The van der Waals surface area contributed by atoms with Crippen LogP contribution < -0.4 is 0 Å². The Balaban J connectivity index is 1.69. The lowest BCUT2D eigenvalue weighted by molar-refractivity contribution is -0.138. The highest BCUT2D eigenvalue weighted by atomic mass is 16.3. The molecular formula is C17H21N5O2. The van der Waals surface area contributed by atoms with Crippen LogP contribution in [0.25, 0.3) is 11.3 Å². The molecule has 0 radical (unpaired) electrons. The van der Waals surface area contributed by atoms with Crippen molar-refractivity contribution in [2.45, 2.75) is 24.9 Å². The number of piperidine rings is 1. The van der Waals surface area contributed by atoms with Gasteiger partial charge in [0.2, 0.25) is 0 Å². The first kappa shape index (κ1) is 16.3. The smallest absolute Gasteiger partial charge is 0.255 e. The molecule has 0 spiro atoms.